The van der Waals surface area contributed by atoms with E-state index in [-0.39, 0.29) is 25.5 Å². The molecule has 0 bridgehead atoms. The van der Waals surface area contributed by atoms with Crippen molar-refractivity contribution in [3.8, 4) is 0 Å². The predicted octanol–water partition coefficient (Wildman–Crippen LogP) is -4.62. The second kappa shape index (κ2) is 15.1. The second-order valence-corrected chi connectivity index (χ2v) is 9.72. The maximum absolute atomic E-state index is 13.2. The molecule has 39 heavy (non-hydrogen) atoms. The van der Waals surface area contributed by atoms with Crippen molar-refractivity contribution >= 4 is 47.4 Å². The number of nitrogens with two attached hydrogens (primary N) is 2. The average Bonchev–Trinajstić information content (AvgIpc) is 2.79. The maximum atomic E-state index is 13.2. The van der Waals surface area contributed by atoms with Crippen LogP contribution >= 0.6 is 0 Å². The Hall–Kier alpha value is -4.44. The van der Waals surface area contributed by atoms with Gasteiger partial charge in [0.25, 0.3) is 0 Å². The third-order valence-electron chi connectivity index (χ3n) is 4.98. The van der Waals surface area contributed by atoms with Crippen LogP contribution < -0.4 is 27.4 Å². The Kier molecular flexibility index (Phi) is 12.6. The zero-order chi connectivity index (χ0) is 29.8. The van der Waals surface area contributed by atoms with Crippen LogP contribution in [0.3, 0.4) is 0 Å². The number of hydrogen-bond acceptors (Lipinski definition) is 8. The lowest BCUT2D eigenvalue weighted by atomic mass is 10.1. The van der Waals surface area contributed by atoms with E-state index < -0.39 is 92.8 Å². The van der Waals surface area contributed by atoms with E-state index in [2.05, 4.69) is 20.9 Å². The molecule has 0 unspecified atom stereocenters. The molecule has 0 radical (unpaired) electrons. The number of carboxylic acids is 1. The van der Waals surface area contributed by atoms with E-state index in [4.69, 9.17) is 16.6 Å². The SMILES string of the molecule is CC(C)(C)NC(=O)CN1CC(=O)N(CCCN=C(N)N)CC(=O)NCC(=O)N(CC(=O)O)CC(=O)NCC1=O. The molecule has 1 heterocycles. The van der Waals surface area contributed by atoms with E-state index in [1.165, 1.54) is 0 Å². The van der Waals surface area contributed by atoms with Gasteiger partial charge in [0, 0.05) is 18.6 Å². The molecule has 1 rings (SSSR count). The van der Waals surface area contributed by atoms with Gasteiger partial charge in [-0.1, -0.05) is 0 Å². The lowest BCUT2D eigenvalue weighted by Crippen LogP contribution is -2.53. The maximum Gasteiger partial charge on any atom is 0.323 e. The van der Waals surface area contributed by atoms with Crippen LogP contribution in [-0.2, 0) is 33.6 Å². The third kappa shape index (κ3) is 13.6. The summed E-state index contributed by atoms with van der Waals surface area (Å²) in [6, 6.07) is 0. The van der Waals surface area contributed by atoms with Gasteiger partial charge in [0.2, 0.25) is 35.4 Å². The normalized spacial score (nSPS) is 16.6. The van der Waals surface area contributed by atoms with Gasteiger partial charge in [0.1, 0.15) is 26.2 Å². The van der Waals surface area contributed by atoms with Crippen molar-refractivity contribution in [2.24, 2.45) is 16.5 Å². The van der Waals surface area contributed by atoms with E-state index in [0.29, 0.717) is 4.90 Å². The molecule has 1 fully saturated rings. The van der Waals surface area contributed by atoms with Gasteiger partial charge in [-0.3, -0.25) is 38.6 Å². The number of nitrogens with one attached hydrogen (secondary N) is 3. The molecule has 6 amide bonds. The number of carbonyl (C=O) groups excluding carboxylic acids is 6. The Labute approximate surface area is 225 Å². The van der Waals surface area contributed by atoms with E-state index in [1.54, 1.807) is 20.8 Å². The summed E-state index contributed by atoms with van der Waals surface area (Å²) in [6.07, 6.45) is 0.247. The molecular formula is C22H37N9O8. The number of carbonyl (C=O) groups is 7. The lowest BCUT2D eigenvalue weighted by molar-refractivity contribution is -0.146. The molecule has 1 saturated heterocycles. The molecule has 17 nitrogen and oxygen atoms in total. The van der Waals surface area contributed by atoms with Gasteiger partial charge in [0.15, 0.2) is 5.96 Å². The van der Waals surface area contributed by atoms with Crippen molar-refractivity contribution in [2.45, 2.75) is 32.7 Å². The molecule has 1 aliphatic rings. The summed E-state index contributed by atoms with van der Waals surface area (Å²) in [6.45, 7) is 0.898. The molecule has 0 saturated carbocycles. The Morgan fingerprint density at radius 1 is 0.872 bits per heavy atom. The first-order valence-electron chi connectivity index (χ1n) is 12.0. The number of rotatable bonds is 8. The molecule has 8 N–H and O–H groups in total. The zero-order valence-corrected chi connectivity index (χ0v) is 22.3. The van der Waals surface area contributed by atoms with E-state index in [9.17, 15) is 33.6 Å². The quantitative estimate of drug-likeness (QED) is 0.0949. The third-order valence-corrected chi connectivity index (χ3v) is 4.98. The van der Waals surface area contributed by atoms with Gasteiger partial charge in [-0.15, -0.1) is 0 Å². The minimum absolute atomic E-state index is 0.00489. The van der Waals surface area contributed by atoms with Crippen molar-refractivity contribution in [3.05, 3.63) is 0 Å². The van der Waals surface area contributed by atoms with Gasteiger partial charge < -0.3 is 47.2 Å². The van der Waals surface area contributed by atoms with Crippen LogP contribution in [-0.4, -0.2) is 132 Å². The fourth-order valence-corrected chi connectivity index (χ4v) is 3.31. The lowest BCUT2D eigenvalue weighted by Gasteiger charge is -2.28. The van der Waals surface area contributed by atoms with Crippen LogP contribution in [0.1, 0.15) is 27.2 Å². The summed E-state index contributed by atoms with van der Waals surface area (Å²) in [5, 5.41) is 16.3. The number of aliphatic imine (C=N–C) groups is 1. The smallest absolute Gasteiger partial charge is 0.323 e. The minimum atomic E-state index is -1.40. The van der Waals surface area contributed by atoms with E-state index >= 15 is 0 Å². The van der Waals surface area contributed by atoms with Gasteiger partial charge in [0.05, 0.1) is 19.6 Å². The topological polar surface area (TPSA) is 250 Å². The Balaban J connectivity index is 3.25. The average molecular weight is 556 g/mol. The van der Waals surface area contributed by atoms with Crippen LogP contribution in [0.25, 0.3) is 0 Å². The monoisotopic (exact) mass is 555 g/mol. The van der Waals surface area contributed by atoms with Crippen molar-refractivity contribution in [2.75, 3.05) is 58.9 Å². The number of aliphatic carboxylic acids is 1. The molecule has 17 heteroatoms. The highest BCUT2D eigenvalue weighted by atomic mass is 16.4. The number of hydrogen-bond donors (Lipinski definition) is 6. The molecule has 0 aromatic carbocycles. The standard InChI is InChI=1S/C22H37N9O8/c1-22(2,3)28-16(34)11-30-12-19(37)29(6-4-5-25-21(23)24)9-14(32)26-8-18(36)31(13-20(38)39)10-15(33)27-7-17(30)35/h4-13H2,1-3H3,(H,26,32)(H,27,33)(H,28,34)(H,38,39)(H4,23,24,25). The summed E-state index contributed by atoms with van der Waals surface area (Å²) >= 11 is 0. The highest BCUT2D eigenvalue weighted by Gasteiger charge is 2.28. The largest absolute Gasteiger partial charge is 0.480 e. The molecule has 1 aliphatic heterocycles. The first-order valence-corrected chi connectivity index (χ1v) is 12.0. The first kappa shape index (κ1) is 32.6. The van der Waals surface area contributed by atoms with Crippen LogP contribution in [0.4, 0.5) is 0 Å². The van der Waals surface area contributed by atoms with Crippen LogP contribution in [0.5, 0.6) is 0 Å². The fourth-order valence-electron chi connectivity index (χ4n) is 3.31. The van der Waals surface area contributed by atoms with Crippen molar-refractivity contribution in [1.29, 1.82) is 0 Å². The highest BCUT2D eigenvalue weighted by Crippen LogP contribution is 2.02. The molecule has 0 aliphatic carbocycles. The summed E-state index contributed by atoms with van der Waals surface area (Å²) in [7, 11) is 0. The van der Waals surface area contributed by atoms with Crippen molar-refractivity contribution < 1.29 is 38.7 Å². The van der Waals surface area contributed by atoms with Crippen LogP contribution in [0.2, 0.25) is 0 Å². The second-order valence-electron chi connectivity index (χ2n) is 9.72. The fraction of sp³-hybridized carbons (Fsp3) is 0.636. The molecular weight excluding hydrogens is 518 g/mol. The number of amides is 6. The van der Waals surface area contributed by atoms with Gasteiger partial charge in [-0.25, -0.2) is 0 Å². The van der Waals surface area contributed by atoms with Gasteiger partial charge in [-0.2, -0.15) is 0 Å². The summed E-state index contributed by atoms with van der Waals surface area (Å²) < 4.78 is 0. The first-order chi connectivity index (χ1) is 18.1. The summed E-state index contributed by atoms with van der Waals surface area (Å²) in [4.78, 5) is 93.7. The van der Waals surface area contributed by atoms with Crippen LogP contribution in [0.15, 0.2) is 4.99 Å². The zero-order valence-electron chi connectivity index (χ0n) is 22.3. The van der Waals surface area contributed by atoms with Crippen LogP contribution in [0, 0.1) is 0 Å². The highest BCUT2D eigenvalue weighted by molar-refractivity contribution is 5.95. The molecule has 0 aromatic heterocycles. The molecule has 0 atom stereocenters. The van der Waals surface area contributed by atoms with Gasteiger partial charge in [-0.05, 0) is 27.2 Å². The Morgan fingerprint density at radius 2 is 1.38 bits per heavy atom. The minimum Gasteiger partial charge on any atom is -0.480 e. The number of guanidine groups is 1. The Bertz CT molecular complexity index is 989. The van der Waals surface area contributed by atoms with E-state index in [0.717, 1.165) is 9.80 Å². The summed E-state index contributed by atoms with van der Waals surface area (Å²) in [5.74, 6) is -6.09. The summed E-state index contributed by atoms with van der Waals surface area (Å²) in [5.41, 5.74) is 9.98. The van der Waals surface area contributed by atoms with Crippen molar-refractivity contribution in [1.82, 2.24) is 30.7 Å². The molecule has 0 spiro atoms. The van der Waals surface area contributed by atoms with E-state index in [1.807, 2.05) is 0 Å². The molecule has 218 valence electrons. The van der Waals surface area contributed by atoms with Gasteiger partial charge >= 0.3 is 5.97 Å². The number of carboxylic acid groups (broad SMARTS) is 1. The van der Waals surface area contributed by atoms with Crippen molar-refractivity contribution in [3.63, 3.8) is 0 Å². The number of nitrogens with zero attached hydrogens (tertiary/aromatic N) is 4. The Morgan fingerprint density at radius 3 is 1.87 bits per heavy atom. The predicted molar refractivity (Wildman–Crippen MR) is 137 cm³/mol. The molecule has 0 aromatic rings.